The van der Waals surface area contributed by atoms with E-state index >= 15 is 0 Å². The van der Waals surface area contributed by atoms with Crippen molar-refractivity contribution < 1.29 is 4.79 Å². The zero-order chi connectivity index (χ0) is 18.4. The van der Waals surface area contributed by atoms with Gasteiger partial charge in [0.2, 0.25) is 0 Å². The van der Waals surface area contributed by atoms with Crippen LogP contribution in [0.1, 0.15) is 56.9 Å². The van der Waals surface area contributed by atoms with Crippen LogP contribution < -0.4 is 5.32 Å². The Bertz CT molecular complexity index is 1120. The van der Waals surface area contributed by atoms with Crippen molar-refractivity contribution in [2.75, 3.05) is 5.32 Å². The molecule has 1 amide bonds. The highest BCUT2D eigenvalue weighted by Gasteiger charge is 2.26. The zero-order valence-electron chi connectivity index (χ0n) is 15.0. The average Bonchev–Trinajstić information content (AvgIpc) is 3.29. The van der Waals surface area contributed by atoms with Crippen LogP contribution in [0, 0.1) is 11.3 Å². The maximum absolute atomic E-state index is 13.3. The summed E-state index contributed by atoms with van der Waals surface area (Å²) >= 11 is 1.58. The molecule has 0 aliphatic heterocycles. The van der Waals surface area contributed by atoms with Crippen LogP contribution in [0.15, 0.2) is 24.3 Å². The number of para-hydroxylation sites is 1. The number of nitriles is 1. The number of hydrogen-bond donors (Lipinski definition) is 1. The number of fused-ring (bicyclic) bond motifs is 3. The Morgan fingerprint density at radius 1 is 1.07 bits per heavy atom. The van der Waals surface area contributed by atoms with E-state index in [0.717, 1.165) is 78.2 Å². The van der Waals surface area contributed by atoms with Crippen molar-refractivity contribution in [1.82, 2.24) is 4.98 Å². The van der Waals surface area contributed by atoms with E-state index < -0.39 is 0 Å². The number of nitrogens with one attached hydrogen (secondary N) is 1. The van der Waals surface area contributed by atoms with E-state index in [-0.39, 0.29) is 5.91 Å². The van der Waals surface area contributed by atoms with Crippen molar-refractivity contribution in [2.45, 2.75) is 44.9 Å². The van der Waals surface area contributed by atoms with Gasteiger partial charge in [-0.2, -0.15) is 5.26 Å². The van der Waals surface area contributed by atoms with Crippen LogP contribution in [-0.2, 0) is 25.7 Å². The largest absolute Gasteiger partial charge is 0.312 e. The smallest absolute Gasteiger partial charge is 0.257 e. The fourth-order valence-corrected chi connectivity index (χ4v) is 5.64. The van der Waals surface area contributed by atoms with Crippen LogP contribution in [0.25, 0.3) is 10.9 Å². The number of benzene rings is 1. The number of rotatable bonds is 2. The van der Waals surface area contributed by atoms with Crippen molar-refractivity contribution in [3.05, 3.63) is 57.1 Å². The van der Waals surface area contributed by atoms with Gasteiger partial charge >= 0.3 is 0 Å². The molecule has 4 nitrogen and oxygen atoms in total. The molecule has 0 saturated heterocycles. The third-order valence-corrected chi connectivity index (χ3v) is 6.86. The summed E-state index contributed by atoms with van der Waals surface area (Å²) in [5.41, 5.74) is 5.54. The standard InChI is InChI=1S/C22H19N3OS/c23-12-16-13-6-2-4-11-19(13)27-22(16)25-21(26)20-14-7-1-3-9-17(14)24-18-10-5-8-15(18)20/h1,3,7,9H,2,4-6,8,10-11H2,(H,25,26). The van der Waals surface area contributed by atoms with Gasteiger partial charge < -0.3 is 5.32 Å². The van der Waals surface area contributed by atoms with Gasteiger partial charge in [0.15, 0.2) is 0 Å². The van der Waals surface area contributed by atoms with E-state index in [1.807, 2.05) is 24.3 Å². The van der Waals surface area contributed by atoms with Crippen LogP contribution in [-0.4, -0.2) is 10.9 Å². The Hall–Kier alpha value is -2.71. The summed E-state index contributed by atoms with van der Waals surface area (Å²) in [5, 5.41) is 14.4. The van der Waals surface area contributed by atoms with E-state index in [9.17, 15) is 10.1 Å². The number of nitrogens with zero attached hydrogens (tertiary/aromatic N) is 2. The molecule has 0 saturated carbocycles. The van der Waals surface area contributed by atoms with Gasteiger partial charge in [-0.15, -0.1) is 11.3 Å². The van der Waals surface area contributed by atoms with Gasteiger partial charge in [-0.05, 0) is 62.1 Å². The van der Waals surface area contributed by atoms with Crippen LogP contribution in [0.5, 0.6) is 0 Å². The number of aryl methyl sites for hydroxylation is 2. The van der Waals surface area contributed by atoms with Crippen molar-refractivity contribution in [2.24, 2.45) is 0 Å². The minimum Gasteiger partial charge on any atom is -0.312 e. The summed E-state index contributed by atoms with van der Waals surface area (Å²) in [7, 11) is 0. The molecule has 5 rings (SSSR count). The highest BCUT2D eigenvalue weighted by molar-refractivity contribution is 7.16. The lowest BCUT2D eigenvalue weighted by Crippen LogP contribution is -2.15. The third kappa shape index (κ3) is 2.64. The maximum atomic E-state index is 13.3. The van der Waals surface area contributed by atoms with Crippen molar-refractivity contribution >= 4 is 33.1 Å². The number of anilines is 1. The van der Waals surface area contributed by atoms with Crippen LogP contribution in [0.4, 0.5) is 5.00 Å². The zero-order valence-corrected chi connectivity index (χ0v) is 15.8. The fourth-order valence-electron chi connectivity index (χ4n) is 4.41. The maximum Gasteiger partial charge on any atom is 0.257 e. The number of pyridine rings is 1. The fraction of sp³-hybridized carbons (Fsp3) is 0.318. The molecule has 5 heteroatoms. The first kappa shape index (κ1) is 16.5. The normalized spacial score (nSPS) is 15.2. The molecule has 27 heavy (non-hydrogen) atoms. The second-order valence-corrected chi connectivity index (χ2v) is 8.37. The van der Waals surface area contributed by atoms with Gasteiger partial charge in [-0.25, -0.2) is 0 Å². The van der Waals surface area contributed by atoms with Gasteiger partial charge in [0.1, 0.15) is 11.1 Å². The van der Waals surface area contributed by atoms with Crippen LogP contribution >= 0.6 is 11.3 Å². The minimum atomic E-state index is -0.109. The second-order valence-electron chi connectivity index (χ2n) is 7.26. The molecule has 2 heterocycles. The van der Waals surface area contributed by atoms with Crippen molar-refractivity contribution in [3.8, 4) is 6.07 Å². The molecule has 0 spiro atoms. The lowest BCUT2D eigenvalue weighted by molar-refractivity contribution is 0.102. The van der Waals surface area contributed by atoms with Gasteiger partial charge in [-0.1, -0.05) is 18.2 Å². The van der Waals surface area contributed by atoms with Crippen molar-refractivity contribution in [3.63, 3.8) is 0 Å². The second kappa shape index (κ2) is 6.47. The predicted molar refractivity (Wildman–Crippen MR) is 107 cm³/mol. The Balaban J connectivity index is 1.60. The summed E-state index contributed by atoms with van der Waals surface area (Å²) in [5.74, 6) is -0.109. The number of hydrogen-bond acceptors (Lipinski definition) is 4. The molecule has 134 valence electrons. The van der Waals surface area contributed by atoms with Crippen molar-refractivity contribution in [1.29, 1.82) is 5.26 Å². The Morgan fingerprint density at radius 3 is 2.78 bits per heavy atom. The summed E-state index contributed by atoms with van der Waals surface area (Å²) in [6, 6.07) is 10.2. The molecule has 0 atom stereocenters. The van der Waals surface area contributed by atoms with E-state index in [0.29, 0.717) is 10.6 Å². The third-order valence-electron chi connectivity index (χ3n) is 5.66. The molecule has 0 unspecified atom stereocenters. The molecule has 1 aromatic carbocycles. The topological polar surface area (TPSA) is 65.8 Å². The van der Waals surface area contributed by atoms with Gasteiger partial charge in [0, 0.05) is 16.0 Å². The summed E-state index contributed by atoms with van der Waals surface area (Å²) in [6.45, 7) is 0. The number of aromatic nitrogens is 1. The lowest BCUT2D eigenvalue weighted by atomic mass is 9.96. The van der Waals surface area contributed by atoms with Gasteiger partial charge in [-0.3, -0.25) is 9.78 Å². The van der Waals surface area contributed by atoms with Crippen LogP contribution in [0.3, 0.4) is 0 Å². The van der Waals surface area contributed by atoms with E-state index in [2.05, 4.69) is 11.4 Å². The molecule has 2 aliphatic rings. The molecule has 3 aromatic rings. The molecular weight excluding hydrogens is 354 g/mol. The highest BCUT2D eigenvalue weighted by atomic mass is 32.1. The molecule has 0 fully saturated rings. The molecule has 2 aromatic heterocycles. The molecule has 0 radical (unpaired) electrons. The Kier molecular flexibility index (Phi) is 3.95. The predicted octanol–water partition coefficient (Wildman–Crippen LogP) is 4.79. The highest BCUT2D eigenvalue weighted by Crippen LogP contribution is 2.38. The molecule has 1 N–H and O–H groups in total. The molecule has 0 bridgehead atoms. The Morgan fingerprint density at radius 2 is 1.89 bits per heavy atom. The lowest BCUT2D eigenvalue weighted by Gasteiger charge is -2.12. The van der Waals surface area contributed by atoms with E-state index in [1.54, 1.807) is 11.3 Å². The summed E-state index contributed by atoms with van der Waals surface area (Å²) in [4.78, 5) is 19.4. The van der Waals surface area contributed by atoms with Gasteiger partial charge in [0.05, 0.1) is 16.6 Å². The quantitative estimate of drug-likeness (QED) is 0.702. The SMILES string of the molecule is N#Cc1c(NC(=O)c2c3c(nc4ccccc24)CCC3)sc2c1CCCC2. The Labute approximate surface area is 161 Å². The minimum absolute atomic E-state index is 0.109. The summed E-state index contributed by atoms with van der Waals surface area (Å²) in [6.07, 6.45) is 7.09. The van der Waals surface area contributed by atoms with Crippen LogP contribution in [0.2, 0.25) is 0 Å². The first-order chi connectivity index (χ1) is 13.3. The van der Waals surface area contributed by atoms with E-state index in [4.69, 9.17) is 4.98 Å². The number of carbonyl (C=O) groups excluding carboxylic acids is 1. The number of amides is 1. The van der Waals surface area contributed by atoms with Gasteiger partial charge in [0.25, 0.3) is 5.91 Å². The number of thiophene rings is 1. The molecule has 2 aliphatic carbocycles. The van der Waals surface area contributed by atoms with E-state index in [1.165, 1.54) is 4.88 Å². The monoisotopic (exact) mass is 373 g/mol. The summed E-state index contributed by atoms with van der Waals surface area (Å²) < 4.78 is 0. The first-order valence-electron chi connectivity index (χ1n) is 9.52. The first-order valence-corrected chi connectivity index (χ1v) is 10.3. The average molecular weight is 373 g/mol. The number of carbonyl (C=O) groups is 1. The molecular formula is C22H19N3OS.